The molecule has 2 heterocycles. The summed E-state index contributed by atoms with van der Waals surface area (Å²) in [5, 5.41) is 3.69. The average molecular weight is 261 g/mol. The van der Waals surface area contributed by atoms with Crippen molar-refractivity contribution >= 4 is 0 Å². The van der Waals surface area contributed by atoms with Crippen molar-refractivity contribution in [3.8, 4) is 0 Å². The number of aromatic nitrogens is 1. The summed E-state index contributed by atoms with van der Waals surface area (Å²) in [5.41, 5.74) is 2.43. The first kappa shape index (κ1) is 14.5. The average Bonchev–Trinajstić information content (AvgIpc) is 2.42. The van der Waals surface area contributed by atoms with Crippen molar-refractivity contribution in [2.45, 2.75) is 58.7 Å². The Morgan fingerprint density at radius 1 is 1.37 bits per heavy atom. The van der Waals surface area contributed by atoms with Crippen LogP contribution in [-0.2, 0) is 6.54 Å². The molecule has 0 aliphatic carbocycles. The molecule has 1 N–H and O–H groups in total. The lowest BCUT2D eigenvalue weighted by molar-refractivity contribution is 0.115. The van der Waals surface area contributed by atoms with Crippen molar-refractivity contribution in [3.05, 3.63) is 29.6 Å². The molecule has 0 aromatic carbocycles. The van der Waals surface area contributed by atoms with Crippen molar-refractivity contribution in [3.63, 3.8) is 0 Å². The maximum atomic E-state index is 4.41. The Morgan fingerprint density at radius 3 is 2.84 bits per heavy atom. The molecule has 2 unspecified atom stereocenters. The van der Waals surface area contributed by atoms with Gasteiger partial charge in [0.25, 0.3) is 0 Å². The lowest BCUT2D eigenvalue weighted by atomic mass is 10.0. The van der Waals surface area contributed by atoms with Gasteiger partial charge in [0.1, 0.15) is 0 Å². The van der Waals surface area contributed by atoms with Crippen LogP contribution in [0.4, 0.5) is 0 Å². The highest BCUT2D eigenvalue weighted by Gasteiger charge is 2.26. The molecule has 1 fully saturated rings. The van der Waals surface area contributed by atoms with Gasteiger partial charge in [-0.25, -0.2) is 0 Å². The van der Waals surface area contributed by atoms with Crippen LogP contribution < -0.4 is 5.32 Å². The smallest absolute Gasteiger partial charge is 0.0372 e. The zero-order chi connectivity index (χ0) is 13.7. The monoisotopic (exact) mass is 261 g/mol. The molecule has 2 atom stereocenters. The summed E-state index contributed by atoms with van der Waals surface area (Å²) in [4.78, 5) is 7.04. The zero-order valence-corrected chi connectivity index (χ0v) is 12.5. The Balaban J connectivity index is 1.99. The van der Waals surface area contributed by atoms with E-state index < -0.39 is 0 Å². The minimum Gasteiger partial charge on any atom is -0.311 e. The Hall–Kier alpha value is -0.930. The van der Waals surface area contributed by atoms with Crippen LogP contribution in [0.2, 0.25) is 0 Å². The number of hydrogen-bond donors (Lipinski definition) is 1. The topological polar surface area (TPSA) is 28.2 Å². The van der Waals surface area contributed by atoms with E-state index in [1.165, 1.54) is 31.4 Å². The van der Waals surface area contributed by atoms with E-state index in [2.05, 4.69) is 41.2 Å². The van der Waals surface area contributed by atoms with Gasteiger partial charge in [-0.05, 0) is 31.4 Å². The van der Waals surface area contributed by atoms with Crippen LogP contribution in [0.1, 0.15) is 44.4 Å². The SMILES string of the molecule is CCCC1CN(Cc2ccc(C)nc2)C(CC)CN1. The number of pyridine rings is 1. The zero-order valence-electron chi connectivity index (χ0n) is 12.5. The standard InChI is InChI=1S/C16H27N3/c1-4-6-15-12-19(16(5-2)10-18-15)11-14-8-7-13(3)17-9-14/h7-9,15-16,18H,4-6,10-12H2,1-3H3. The molecule has 0 radical (unpaired) electrons. The summed E-state index contributed by atoms with van der Waals surface area (Å²) >= 11 is 0. The fourth-order valence-electron chi connectivity index (χ4n) is 2.89. The van der Waals surface area contributed by atoms with Crippen molar-refractivity contribution in [1.82, 2.24) is 15.2 Å². The van der Waals surface area contributed by atoms with Crippen molar-refractivity contribution in [2.24, 2.45) is 0 Å². The Kier molecular flexibility index (Phi) is 5.34. The fourth-order valence-corrected chi connectivity index (χ4v) is 2.89. The second-order valence-corrected chi connectivity index (χ2v) is 5.69. The van der Waals surface area contributed by atoms with Crippen LogP contribution in [0.5, 0.6) is 0 Å². The third-order valence-corrected chi connectivity index (χ3v) is 4.08. The molecular weight excluding hydrogens is 234 g/mol. The van der Waals surface area contributed by atoms with Crippen molar-refractivity contribution in [1.29, 1.82) is 0 Å². The molecule has 1 saturated heterocycles. The number of nitrogens with zero attached hydrogens (tertiary/aromatic N) is 2. The molecule has 3 heteroatoms. The van der Waals surface area contributed by atoms with Gasteiger partial charge in [0.05, 0.1) is 0 Å². The molecule has 1 aliphatic heterocycles. The lowest BCUT2D eigenvalue weighted by Gasteiger charge is -2.40. The van der Waals surface area contributed by atoms with Gasteiger partial charge in [0.15, 0.2) is 0 Å². The Bertz CT molecular complexity index is 374. The van der Waals surface area contributed by atoms with Crippen LogP contribution in [-0.4, -0.2) is 35.1 Å². The van der Waals surface area contributed by atoms with Crippen molar-refractivity contribution in [2.75, 3.05) is 13.1 Å². The van der Waals surface area contributed by atoms with Gasteiger partial charge in [-0.1, -0.05) is 26.3 Å². The van der Waals surface area contributed by atoms with Gasteiger partial charge < -0.3 is 5.32 Å². The maximum absolute atomic E-state index is 4.41. The van der Waals surface area contributed by atoms with Gasteiger partial charge in [0, 0.05) is 43.6 Å². The third kappa shape index (κ3) is 4.02. The summed E-state index contributed by atoms with van der Waals surface area (Å²) in [6, 6.07) is 5.65. The van der Waals surface area contributed by atoms with Crippen LogP contribution in [0, 0.1) is 6.92 Å². The molecule has 0 bridgehead atoms. The first-order valence-corrected chi connectivity index (χ1v) is 7.61. The maximum Gasteiger partial charge on any atom is 0.0372 e. The van der Waals surface area contributed by atoms with Gasteiger partial charge in [-0.2, -0.15) is 0 Å². The van der Waals surface area contributed by atoms with E-state index in [1.807, 2.05) is 13.1 Å². The molecule has 0 spiro atoms. The number of nitrogens with one attached hydrogen (secondary N) is 1. The van der Waals surface area contributed by atoms with E-state index in [1.54, 1.807) is 0 Å². The number of piperazine rings is 1. The molecule has 1 aliphatic rings. The van der Waals surface area contributed by atoms with Gasteiger partial charge >= 0.3 is 0 Å². The summed E-state index contributed by atoms with van der Waals surface area (Å²) in [7, 11) is 0. The Morgan fingerprint density at radius 2 is 2.21 bits per heavy atom. The van der Waals surface area contributed by atoms with Crippen LogP contribution in [0.15, 0.2) is 18.3 Å². The molecule has 1 aromatic rings. The van der Waals surface area contributed by atoms with Gasteiger partial charge in [-0.3, -0.25) is 9.88 Å². The normalized spacial score (nSPS) is 24.6. The summed E-state index contributed by atoms with van der Waals surface area (Å²) in [5.74, 6) is 0. The number of aryl methyl sites for hydroxylation is 1. The molecule has 1 aromatic heterocycles. The molecule has 2 rings (SSSR count). The minimum atomic E-state index is 0.659. The molecule has 106 valence electrons. The van der Waals surface area contributed by atoms with Crippen molar-refractivity contribution < 1.29 is 0 Å². The van der Waals surface area contributed by atoms with E-state index in [-0.39, 0.29) is 0 Å². The summed E-state index contributed by atoms with van der Waals surface area (Å²) in [6.45, 7) is 9.92. The molecular formula is C16H27N3. The van der Waals surface area contributed by atoms with Crippen LogP contribution >= 0.6 is 0 Å². The highest BCUT2D eigenvalue weighted by Crippen LogP contribution is 2.16. The van der Waals surface area contributed by atoms with E-state index in [0.29, 0.717) is 12.1 Å². The fraction of sp³-hybridized carbons (Fsp3) is 0.688. The highest BCUT2D eigenvalue weighted by molar-refractivity contribution is 5.13. The largest absolute Gasteiger partial charge is 0.311 e. The first-order chi connectivity index (χ1) is 9.22. The van der Waals surface area contributed by atoms with Gasteiger partial charge in [-0.15, -0.1) is 0 Å². The van der Waals surface area contributed by atoms with Crippen LogP contribution in [0.3, 0.4) is 0 Å². The third-order valence-electron chi connectivity index (χ3n) is 4.08. The van der Waals surface area contributed by atoms with Crippen LogP contribution in [0.25, 0.3) is 0 Å². The predicted octanol–water partition coefficient (Wildman–Crippen LogP) is 2.74. The molecule has 0 amide bonds. The Labute approximate surface area is 117 Å². The van der Waals surface area contributed by atoms with E-state index in [9.17, 15) is 0 Å². The lowest BCUT2D eigenvalue weighted by Crippen LogP contribution is -2.55. The van der Waals surface area contributed by atoms with E-state index in [4.69, 9.17) is 0 Å². The predicted molar refractivity (Wildman–Crippen MR) is 80.2 cm³/mol. The number of hydrogen-bond acceptors (Lipinski definition) is 3. The molecule has 3 nitrogen and oxygen atoms in total. The first-order valence-electron chi connectivity index (χ1n) is 7.61. The second-order valence-electron chi connectivity index (χ2n) is 5.69. The minimum absolute atomic E-state index is 0.659. The molecule has 19 heavy (non-hydrogen) atoms. The van der Waals surface area contributed by atoms with E-state index in [0.717, 1.165) is 18.8 Å². The highest BCUT2D eigenvalue weighted by atomic mass is 15.2. The quantitative estimate of drug-likeness (QED) is 0.883. The summed E-state index contributed by atoms with van der Waals surface area (Å²) < 4.78 is 0. The molecule has 0 saturated carbocycles. The van der Waals surface area contributed by atoms with E-state index >= 15 is 0 Å². The summed E-state index contributed by atoms with van der Waals surface area (Å²) in [6.07, 6.45) is 5.78. The number of rotatable bonds is 5. The second kappa shape index (κ2) is 7.01. The van der Waals surface area contributed by atoms with Gasteiger partial charge in [0.2, 0.25) is 0 Å².